The molecule has 0 radical (unpaired) electrons. The lowest BCUT2D eigenvalue weighted by atomic mass is 9.63. The molecule has 1 saturated carbocycles. The van der Waals surface area contributed by atoms with Gasteiger partial charge in [0, 0.05) is 4.47 Å². The Labute approximate surface area is 131 Å². The average Bonchev–Trinajstić information content (AvgIpc) is 2.95. The van der Waals surface area contributed by atoms with E-state index in [1.807, 2.05) is 0 Å². The van der Waals surface area contributed by atoms with E-state index in [4.69, 9.17) is 0 Å². The quantitative estimate of drug-likeness (QED) is 0.836. The van der Waals surface area contributed by atoms with Crippen LogP contribution in [-0.2, 0) is 6.42 Å². The summed E-state index contributed by atoms with van der Waals surface area (Å²) in [6.45, 7) is 4.97. The minimum Gasteiger partial charge on any atom is -0.316 e. The molecule has 1 aromatic rings. The van der Waals surface area contributed by atoms with Gasteiger partial charge in [-0.3, -0.25) is 0 Å². The normalized spacial score (nSPS) is 31.6. The van der Waals surface area contributed by atoms with Crippen LogP contribution in [-0.4, -0.2) is 13.1 Å². The highest BCUT2D eigenvalue weighted by Gasteiger charge is 2.41. The summed E-state index contributed by atoms with van der Waals surface area (Å²) in [4.78, 5) is 0. The number of hydrogen-bond donors (Lipinski definition) is 1. The van der Waals surface area contributed by atoms with E-state index in [-0.39, 0.29) is 0 Å². The van der Waals surface area contributed by atoms with Gasteiger partial charge in [-0.1, -0.05) is 60.7 Å². The van der Waals surface area contributed by atoms with Crippen molar-refractivity contribution in [1.29, 1.82) is 0 Å². The van der Waals surface area contributed by atoms with Crippen molar-refractivity contribution < 1.29 is 0 Å². The van der Waals surface area contributed by atoms with Gasteiger partial charge in [0.1, 0.15) is 0 Å². The Balaban J connectivity index is 1.77. The van der Waals surface area contributed by atoms with Gasteiger partial charge in [0.15, 0.2) is 0 Å². The molecule has 0 bridgehead atoms. The van der Waals surface area contributed by atoms with Crippen LogP contribution in [0.5, 0.6) is 0 Å². The molecule has 1 heterocycles. The summed E-state index contributed by atoms with van der Waals surface area (Å²) >= 11 is 3.54. The van der Waals surface area contributed by atoms with Crippen molar-refractivity contribution in [3.8, 4) is 0 Å². The summed E-state index contributed by atoms with van der Waals surface area (Å²) in [5, 5.41) is 3.65. The minimum atomic E-state index is 0.480. The SMILES string of the molecule is CC1(Cc2ccc(Br)cc2)CCNCC1C1CCCC1. The largest absolute Gasteiger partial charge is 0.316 e. The summed E-state index contributed by atoms with van der Waals surface area (Å²) in [6, 6.07) is 8.96. The van der Waals surface area contributed by atoms with Gasteiger partial charge in [-0.15, -0.1) is 0 Å². The average molecular weight is 336 g/mol. The van der Waals surface area contributed by atoms with E-state index < -0.39 is 0 Å². The molecule has 0 spiro atoms. The molecular weight excluding hydrogens is 310 g/mol. The van der Waals surface area contributed by atoms with E-state index >= 15 is 0 Å². The molecule has 3 rings (SSSR count). The number of rotatable bonds is 3. The Hall–Kier alpha value is -0.340. The molecule has 2 aliphatic rings. The third kappa shape index (κ3) is 3.12. The first kappa shape index (κ1) is 14.6. The zero-order valence-electron chi connectivity index (χ0n) is 12.5. The highest BCUT2D eigenvalue weighted by molar-refractivity contribution is 9.10. The maximum Gasteiger partial charge on any atom is 0.0175 e. The lowest BCUT2D eigenvalue weighted by Crippen LogP contribution is -2.47. The van der Waals surface area contributed by atoms with Crippen LogP contribution >= 0.6 is 15.9 Å². The van der Waals surface area contributed by atoms with Crippen LogP contribution in [0.25, 0.3) is 0 Å². The van der Waals surface area contributed by atoms with Gasteiger partial charge in [0.25, 0.3) is 0 Å². The van der Waals surface area contributed by atoms with Crippen molar-refractivity contribution in [1.82, 2.24) is 5.32 Å². The summed E-state index contributed by atoms with van der Waals surface area (Å²) in [7, 11) is 0. The molecule has 2 atom stereocenters. The molecule has 110 valence electrons. The van der Waals surface area contributed by atoms with Crippen molar-refractivity contribution in [3.05, 3.63) is 34.3 Å². The van der Waals surface area contributed by atoms with E-state index in [0.29, 0.717) is 5.41 Å². The van der Waals surface area contributed by atoms with Gasteiger partial charge in [-0.05, 0) is 60.9 Å². The topological polar surface area (TPSA) is 12.0 Å². The highest BCUT2D eigenvalue weighted by Crippen LogP contribution is 2.46. The fourth-order valence-electron chi connectivity index (χ4n) is 4.45. The molecule has 1 aliphatic heterocycles. The lowest BCUT2D eigenvalue weighted by molar-refractivity contribution is 0.0785. The second kappa shape index (κ2) is 6.19. The zero-order chi connectivity index (χ0) is 14.0. The number of benzene rings is 1. The van der Waals surface area contributed by atoms with Crippen LogP contribution in [0.2, 0.25) is 0 Å². The zero-order valence-corrected chi connectivity index (χ0v) is 14.1. The fourth-order valence-corrected chi connectivity index (χ4v) is 4.71. The van der Waals surface area contributed by atoms with Crippen LogP contribution < -0.4 is 5.32 Å². The van der Waals surface area contributed by atoms with E-state index in [9.17, 15) is 0 Å². The van der Waals surface area contributed by atoms with Crippen LogP contribution in [0.3, 0.4) is 0 Å². The summed E-state index contributed by atoms with van der Waals surface area (Å²) in [6.07, 6.45) is 8.39. The Morgan fingerprint density at radius 2 is 1.90 bits per heavy atom. The standard InChI is InChI=1S/C18H26BrN/c1-18(12-14-6-8-16(19)9-7-14)10-11-20-13-17(18)15-4-2-3-5-15/h6-9,15,17,20H,2-5,10-13H2,1H3. The molecule has 1 aromatic carbocycles. The number of halogens is 1. The molecule has 1 aliphatic carbocycles. The predicted molar refractivity (Wildman–Crippen MR) is 88.9 cm³/mol. The second-order valence-electron chi connectivity index (χ2n) is 7.06. The summed E-state index contributed by atoms with van der Waals surface area (Å²) < 4.78 is 1.18. The third-order valence-electron chi connectivity index (χ3n) is 5.62. The summed E-state index contributed by atoms with van der Waals surface area (Å²) in [5.74, 6) is 1.82. The third-order valence-corrected chi connectivity index (χ3v) is 6.15. The Kier molecular flexibility index (Phi) is 4.52. The highest BCUT2D eigenvalue weighted by atomic mass is 79.9. The minimum absolute atomic E-state index is 0.480. The first-order chi connectivity index (χ1) is 9.67. The molecule has 0 amide bonds. The van der Waals surface area contributed by atoms with Crippen LogP contribution in [0, 0.1) is 17.3 Å². The number of nitrogens with one attached hydrogen (secondary N) is 1. The van der Waals surface area contributed by atoms with Crippen molar-refractivity contribution in [2.75, 3.05) is 13.1 Å². The van der Waals surface area contributed by atoms with Gasteiger partial charge in [-0.25, -0.2) is 0 Å². The number of piperidine rings is 1. The maximum atomic E-state index is 3.65. The van der Waals surface area contributed by atoms with E-state index in [0.717, 1.165) is 11.8 Å². The smallest absolute Gasteiger partial charge is 0.0175 e. The first-order valence-corrected chi connectivity index (χ1v) is 8.92. The van der Waals surface area contributed by atoms with Crippen molar-refractivity contribution in [3.63, 3.8) is 0 Å². The van der Waals surface area contributed by atoms with Crippen molar-refractivity contribution >= 4 is 15.9 Å². The lowest BCUT2D eigenvalue weighted by Gasteiger charge is -2.45. The Bertz CT molecular complexity index is 435. The molecule has 2 fully saturated rings. The maximum absolute atomic E-state index is 3.65. The molecule has 0 aromatic heterocycles. The van der Waals surface area contributed by atoms with Crippen LogP contribution in [0.4, 0.5) is 0 Å². The van der Waals surface area contributed by atoms with Crippen LogP contribution in [0.15, 0.2) is 28.7 Å². The van der Waals surface area contributed by atoms with Gasteiger partial charge >= 0.3 is 0 Å². The molecule has 2 unspecified atom stereocenters. The first-order valence-electron chi connectivity index (χ1n) is 8.12. The molecule has 20 heavy (non-hydrogen) atoms. The van der Waals surface area contributed by atoms with Gasteiger partial charge in [-0.2, -0.15) is 0 Å². The van der Waals surface area contributed by atoms with Gasteiger partial charge in [0.2, 0.25) is 0 Å². The van der Waals surface area contributed by atoms with Gasteiger partial charge in [0.05, 0.1) is 0 Å². The summed E-state index contributed by atoms with van der Waals surface area (Å²) in [5.41, 5.74) is 1.98. The number of hydrogen-bond acceptors (Lipinski definition) is 1. The van der Waals surface area contributed by atoms with Crippen molar-refractivity contribution in [2.24, 2.45) is 17.3 Å². The Morgan fingerprint density at radius 3 is 2.60 bits per heavy atom. The molecule has 1 N–H and O–H groups in total. The van der Waals surface area contributed by atoms with E-state index in [1.165, 1.54) is 61.7 Å². The fraction of sp³-hybridized carbons (Fsp3) is 0.667. The predicted octanol–water partition coefficient (Wildman–Crippen LogP) is 4.80. The van der Waals surface area contributed by atoms with E-state index in [2.05, 4.69) is 52.4 Å². The molecule has 2 heteroatoms. The monoisotopic (exact) mass is 335 g/mol. The van der Waals surface area contributed by atoms with E-state index in [1.54, 1.807) is 0 Å². The van der Waals surface area contributed by atoms with Gasteiger partial charge < -0.3 is 5.32 Å². The molecular formula is C18H26BrN. The Morgan fingerprint density at radius 1 is 1.20 bits per heavy atom. The van der Waals surface area contributed by atoms with Crippen LogP contribution in [0.1, 0.15) is 44.6 Å². The van der Waals surface area contributed by atoms with Crippen molar-refractivity contribution in [2.45, 2.75) is 45.4 Å². The molecule has 1 saturated heterocycles. The second-order valence-corrected chi connectivity index (χ2v) is 7.98. The molecule has 1 nitrogen and oxygen atoms in total.